The molecule has 1 aromatic carbocycles. The van der Waals surface area contributed by atoms with E-state index in [4.69, 9.17) is 0 Å². The molecule has 0 atom stereocenters. The van der Waals surface area contributed by atoms with Crippen molar-refractivity contribution in [2.75, 3.05) is 32.7 Å². The number of amides is 1. The average molecular weight is 395 g/mol. The Morgan fingerprint density at radius 1 is 1.10 bits per heavy atom. The molecule has 154 valence electrons. The van der Waals surface area contributed by atoms with Crippen LogP contribution in [0.15, 0.2) is 35.3 Å². The number of likely N-dealkylation sites (N-methyl/N-ethyl adjacent to an activating group) is 1. The third-order valence-corrected chi connectivity index (χ3v) is 6.02. The number of fused-ring (bicyclic) bond motifs is 3. The molecular formula is C23H30N4O2. The Balaban J connectivity index is 1.92. The predicted molar refractivity (Wildman–Crippen MR) is 118 cm³/mol. The number of benzene rings is 1. The largest absolute Gasteiger partial charge is 0.339 e. The van der Waals surface area contributed by atoms with Gasteiger partial charge in [-0.25, -0.2) is 0 Å². The number of aryl methyl sites for hydroxylation is 1. The monoisotopic (exact) mass is 394 g/mol. The molecule has 1 aliphatic heterocycles. The summed E-state index contributed by atoms with van der Waals surface area (Å²) in [6.07, 6.45) is 1.80. The lowest BCUT2D eigenvalue weighted by atomic mass is 10.1. The van der Waals surface area contributed by atoms with E-state index in [0.29, 0.717) is 23.5 Å². The van der Waals surface area contributed by atoms with E-state index < -0.39 is 0 Å². The summed E-state index contributed by atoms with van der Waals surface area (Å²) in [6.45, 7) is 11.2. The van der Waals surface area contributed by atoms with Crippen molar-refractivity contribution in [2.45, 2.75) is 27.3 Å². The summed E-state index contributed by atoms with van der Waals surface area (Å²) < 4.78 is 3.66. The maximum absolute atomic E-state index is 13.6. The number of hydrogen-bond acceptors (Lipinski definition) is 3. The van der Waals surface area contributed by atoms with Crippen LogP contribution in [0.5, 0.6) is 0 Å². The van der Waals surface area contributed by atoms with Crippen molar-refractivity contribution in [1.82, 2.24) is 18.9 Å². The Morgan fingerprint density at radius 3 is 2.45 bits per heavy atom. The van der Waals surface area contributed by atoms with E-state index in [1.807, 2.05) is 40.8 Å². The third kappa shape index (κ3) is 3.35. The minimum atomic E-state index is -0.0280. The van der Waals surface area contributed by atoms with Crippen LogP contribution in [0.25, 0.3) is 21.8 Å². The van der Waals surface area contributed by atoms with Crippen LogP contribution in [-0.2, 0) is 13.6 Å². The fraction of sp³-hybridized carbons (Fsp3) is 0.478. The molecule has 3 aromatic rings. The summed E-state index contributed by atoms with van der Waals surface area (Å²) in [4.78, 5) is 31.2. The van der Waals surface area contributed by atoms with Gasteiger partial charge in [-0.3, -0.25) is 9.59 Å². The molecule has 4 rings (SSSR count). The summed E-state index contributed by atoms with van der Waals surface area (Å²) in [5.41, 5.74) is 2.21. The van der Waals surface area contributed by atoms with Gasteiger partial charge in [0.1, 0.15) is 5.52 Å². The van der Waals surface area contributed by atoms with E-state index in [1.54, 1.807) is 10.8 Å². The summed E-state index contributed by atoms with van der Waals surface area (Å²) in [7, 11) is 1.92. The standard InChI is InChI=1S/C23H30N4O2/c1-5-25-10-12-26(13-11-25)22(28)18-15-27(14-16(2)3)23(29)21-20(18)17-8-6-7-9-19(17)24(21)4/h6-9,15-16H,5,10-14H2,1-4H3. The fourth-order valence-corrected chi connectivity index (χ4v) is 4.46. The molecule has 0 aliphatic carbocycles. The lowest BCUT2D eigenvalue weighted by molar-refractivity contribution is 0.0644. The van der Waals surface area contributed by atoms with Gasteiger partial charge in [0.2, 0.25) is 0 Å². The van der Waals surface area contributed by atoms with Gasteiger partial charge in [-0.1, -0.05) is 39.0 Å². The number of aromatic nitrogens is 2. The molecule has 6 nitrogen and oxygen atoms in total. The second-order valence-corrected chi connectivity index (χ2v) is 8.42. The highest BCUT2D eigenvalue weighted by Gasteiger charge is 2.26. The van der Waals surface area contributed by atoms with Crippen LogP contribution < -0.4 is 5.56 Å². The normalized spacial score (nSPS) is 15.7. The Labute approximate surface area is 171 Å². The number of pyridine rings is 1. The van der Waals surface area contributed by atoms with Gasteiger partial charge >= 0.3 is 0 Å². The zero-order chi connectivity index (χ0) is 20.7. The average Bonchev–Trinajstić information content (AvgIpc) is 3.03. The van der Waals surface area contributed by atoms with E-state index in [1.165, 1.54) is 0 Å². The first-order valence-electron chi connectivity index (χ1n) is 10.5. The van der Waals surface area contributed by atoms with Crippen molar-refractivity contribution in [3.63, 3.8) is 0 Å². The summed E-state index contributed by atoms with van der Waals surface area (Å²) in [5.74, 6) is 0.343. The molecule has 1 saturated heterocycles. The first-order chi connectivity index (χ1) is 13.9. The molecule has 0 N–H and O–H groups in total. The molecule has 29 heavy (non-hydrogen) atoms. The molecule has 1 fully saturated rings. The third-order valence-electron chi connectivity index (χ3n) is 6.02. The zero-order valence-corrected chi connectivity index (χ0v) is 17.8. The first-order valence-corrected chi connectivity index (χ1v) is 10.5. The number of nitrogens with zero attached hydrogens (tertiary/aromatic N) is 4. The molecular weight excluding hydrogens is 364 g/mol. The van der Waals surface area contributed by atoms with Crippen LogP contribution in [0.1, 0.15) is 31.1 Å². The fourth-order valence-electron chi connectivity index (χ4n) is 4.46. The maximum Gasteiger partial charge on any atom is 0.275 e. The van der Waals surface area contributed by atoms with Crippen molar-refractivity contribution < 1.29 is 4.79 Å². The van der Waals surface area contributed by atoms with Gasteiger partial charge in [-0.2, -0.15) is 0 Å². The number of rotatable bonds is 4. The van der Waals surface area contributed by atoms with Gasteiger partial charge in [-0.05, 0) is 18.5 Å². The van der Waals surface area contributed by atoms with Crippen molar-refractivity contribution in [3.05, 3.63) is 46.4 Å². The van der Waals surface area contributed by atoms with Crippen molar-refractivity contribution in [1.29, 1.82) is 0 Å². The van der Waals surface area contributed by atoms with Gasteiger partial charge in [-0.15, -0.1) is 0 Å². The van der Waals surface area contributed by atoms with Gasteiger partial charge in [0, 0.05) is 62.3 Å². The molecule has 0 spiro atoms. The van der Waals surface area contributed by atoms with E-state index in [-0.39, 0.29) is 11.5 Å². The number of piperazine rings is 1. The van der Waals surface area contributed by atoms with Gasteiger partial charge in [0.25, 0.3) is 11.5 Å². The Morgan fingerprint density at radius 2 is 1.79 bits per heavy atom. The van der Waals surface area contributed by atoms with Gasteiger partial charge < -0.3 is 18.9 Å². The zero-order valence-electron chi connectivity index (χ0n) is 17.8. The number of para-hydroxylation sites is 1. The Kier molecular flexibility index (Phi) is 5.21. The van der Waals surface area contributed by atoms with Crippen LogP contribution in [0.4, 0.5) is 0 Å². The Bertz CT molecular complexity index is 1120. The molecule has 1 aliphatic rings. The molecule has 0 unspecified atom stereocenters. The minimum absolute atomic E-state index is 0.0274. The highest BCUT2D eigenvalue weighted by Crippen LogP contribution is 2.30. The van der Waals surface area contributed by atoms with Crippen molar-refractivity contribution in [2.24, 2.45) is 13.0 Å². The molecule has 3 heterocycles. The van der Waals surface area contributed by atoms with Crippen LogP contribution in [0.3, 0.4) is 0 Å². The van der Waals surface area contributed by atoms with Crippen LogP contribution in [-0.4, -0.2) is 57.6 Å². The van der Waals surface area contributed by atoms with E-state index >= 15 is 0 Å². The number of carbonyl (C=O) groups excluding carboxylic acids is 1. The lowest BCUT2D eigenvalue weighted by Gasteiger charge is -2.34. The molecule has 1 amide bonds. The van der Waals surface area contributed by atoms with Crippen LogP contribution in [0.2, 0.25) is 0 Å². The molecule has 0 bridgehead atoms. The molecule has 0 radical (unpaired) electrons. The lowest BCUT2D eigenvalue weighted by Crippen LogP contribution is -2.48. The summed E-state index contributed by atoms with van der Waals surface area (Å²) in [5, 5.41) is 1.75. The number of hydrogen-bond donors (Lipinski definition) is 0. The highest BCUT2D eigenvalue weighted by molar-refractivity contribution is 6.17. The van der Waals surface area contributed by atoms with E-state index in [2.05, 4.69) is 25.7 Å². The summed E-state index contributed by atoms with van der Waals surface area (Å²) >= 11 is 0. The van der Waals surface area contributed by atoms with Gasteiger partial charge in [0.15, 0.2) is 0 Å². The number of carbonyl (C=O) groups is 1. The molecule has 6 heteroatoms. The highest BCUT2D eigenvalue weighted by atomic mass is 16.2. The van der Waals surface area contributed by atoms with Crippen LogP contribution >= 0.6 is 0 Å². The second-order valence-electron chi connectivity index (χ2n) is 8.42. The maximum atomic E-state index is 13.6. The van der Waals surface area contributed by atoms with Crippen LogP contribution in [0, 0.1) is 5.92 Å². The van der Waals surface area contributed by atoms with Crippen molar-refractivity contribution >= 4 is 27.7 Å². The summed E-state index contributed by atoms with van der Waals surface area (Å²) in [6, 6.07) is 7.96. The minimum Gasteiger partial charge on any atom is -0.339 e. The van der Waals surface area contributed by atoms with E-state index in [0.717, 1.165) is 49.0 Å². The predicted octanol–water partition coefficient (Wildman–Crippen LogP) is 2.93. The van der Waals surface area contributed by atoms with Gasteiger partial charge in [0.05, 0.1) is 5.56 Å². The molecule has 2 aromatic heterocycles. The topological polar surface area (TPSA) is 50.5 Å². The van der Waals surface area contributed by atoms with E-state index in [9.17, 15) is 9.59 Å². The molecule has 0 saturated carbocycles. The Hall–Kier alpha value is -2.60. The first kappa shape index (κ1) is 19.7. The second kappa shape index (κ2) is 7.67. The SMILES string of the molecule is CCN1CCN(C(=O)c2cn(CC(C)C)c(=O)c3c2c2ccccc2n3C)CC1. The smallest absolute Gasteiger partial charge is 0.275 e. The van der Waals surface area contributed by atoms with Crippen molar-refractivity contribution in [3.8, 4) is 0 Å². The quantitative estimate of drug-likeness (QED) is 0.684.